The Balaban J connectivity index is 1.84. The first-order valence-corrected chi connectivity index (χ1v) is 10.9. The van der Waals surface area contributed by atoms with Gasteiger partial charge in [0.1, 0.15) is 10.6 Å². The zero-order valence-electron chi connectivity index (χ0n) is 16.1. The Morgan fingerprint density at radius 2 is 1.96 bits per heavy atom. The zero-order valence-corrected chi connectivity index (χ0v) is 16.9. The quantitative estimate of drug-likeness (QED) is 0.826. The molecule has 0 aliphatic heterocycles. The van der Waals surface area contributed by atoms with E-state index in [9.17, 15) is 13.2 Å². The van der Waals surface area contributed by atoms with Crippen molar-refractivity contribution in [3.05, 3.63) is 53.3 Å². The van der Waals surface area contributed by atoms with Gasteiger partial charge in [0, 0.05) is 26.3 Å². The lowest BCUT2D eigenvalue weighted by Crippen LogP contribution is -2.32. The lowest BCUT2D eigenvalue weighted by Gasteiger charge is -2.26. The second kappa shape index (κ2) is 7.86. The van der Waals surface area contributed by atoms with E-state index >= 15 is 0 Å². The van der Waals surface area contributed by atoms with Crippen LogP contribution in [0, 0.1) is 0 Å². The molecule has 0 radical (unpaired) electrons. The Morgan fingerprint density at radius 1 is 1.26 bits per heavy atom. The van der Waals surface area contributed by atoms with Crippen molar-refractivity contribution in [3.8, 4) is 0 Å². The van der Waals surface area contributed by atoms with Crippen LogP contribution < -0.4 is 5.32 Å². The lowest BCUT2D eigenvalue weighted by molar-refractivity contribution is 0.0924. The molecule has 1 heterocycles. The number of carbonyl (C=O) groups is 1. The number of aryl methyl sites for hydroxylation is 2. The van der Waals surface area contributed by atoms with Crippen molar-refractivity contribution in [2.24, 2.45) is 7.05 Å². The topological polar surface area (TPSA) is 71.4 Å². The number of carbonyl (C=O) groups excluding carboxylic acids is 1. The zero-order chi connectivity index (χ0) is 19.6. The van der Waals surface area contributed by atoms with E-state index in [4.69, 9.17) is 0 Å². The van der Waals surface area contributed by atoms with Gasteiger partial charge >= 0.3 is 0 Å². The molecule has 1 aromatic heterocycles. The van der Waals surface area contributed by atoms with Crippen molar-refractivity contribution in [3.63, 3.8) is 0 Å². The van der Waals surface area contributed by atoms with E-state index in [0.29, 0.717) is 18.8 Å². The van der Waals surface area contributed by atoms with Gasteiger partial charge in [-0.05, 0) is 36.5 Å². The Bertz CT molecular complexity index is 930. The number of rotatable bonds is 6. The van der Waals surface area contributed by atoms with Crippen LogP contribution in [-0.4, -0.2) is 36.3 Å². The van der Waals surface area contributed by atoms with Crippen LogP contribution in [0.4, 0.5) is 0 Å². The minimum atomic E-state index is -3.59. The standard InChI is InChI=1S/C20H27N3O3S/c1-4-23(5-2)27(25,26)16-13-19(22(3)14-16)20(24)21-18-12-8-10-15-9-6-7-11-17(15)18/h6-7,9,11,13-14,18H,4-5,8,10,12H2,1-3H3,(H,21,24)/t18-/m1/s1. The molecule has 146 valence electrons. The fraction of sp³-hybridized carbons (Fsp3) is 0.450. The first kappa shape index (κ1) is 19.6. The molecule has 6 nitrogen and oxygen atoms in total. The van der Waals surface area contributed by atoms with Crippen LogP contribution in [0.15, 0.2) is 41.4 Å². The number of nitrogens with one attached hydrogen (secondary N) is 1. The summed E-state index contributed by atoms with van der Waals surface area (Å²) in [4.78, 5) is 13.0. The number of aromatic nitrogens is 1. The van der Waals surface area contributed by atoms with E-state index in [1.807, 2.05) is 12.1 Å². The van der Waals surface area contributed by atoms with E-state index in [1.54, 1.807) is 25.5 Å². The molecule has 1 amide bonds. The van der Waals surface area contributed by atoms with Gasteiger partial charge < -0.3 is 9.88 Å². The van der Waals surface area contributed by atoms with Gasteiger partial charge in [-0.3, -0.25) is 4.79 Å². The van der Waals surface area contributed by atoms with Crippen molar-refractivity contribution in [1.82, 2.24) is 14.2 Å². The third-order valence-corrected chi connectivity index (χ3v) is 7.25. The maximum absolute atomic E-state index is 12.9. The summed E-state index contributed by atoms with van der Waals surface area (Å²) in [5.74, 6) is -0.250. The third-order valence-electron chi connectivity index (χ3n) is 5.23. The Kier molecular flexibility index (Phi) is 5.72. The average Bonchev–Trinajstić information content (AvgIpc) is 3.05. The van der Waals surface area contributed by atoms with Crippen molar-refractivity contribution in [1.29, 1.82) is 0 Å². The fourth-order valence-electron chi connectivity index (χ4n) is 3.75. The Labute approximate surface area is 161 Å². The maximum Gasteiger partial charge on any atom is 0.268 e. The molecule has 0 fully saturated rings. The summed E-state index contributed by atoms with van der Waals surface area (Å²) >= 11 is 0. The first-order chi connectivity index (χ1) is 12.9. The number of hydrogen-bond donors (Lipinski definition) is 1. The highest BCUT2D eigenvalue weighted by atomic mass is 32.2. The van der Waals surface area contributed by atoms with E-state index in [0.717, 1.165) is 24.8 Å². The number of hydrogen-bond acceptors (Lipinski definition) is 3. The normalized spacial score (nSPS) is 17.0. The van der Waals surface area contributed by atoms with Gasteiger partial charge in [0.2, 0.25) is 10.0 Å². The Hall–Kier alpha value is -2.12. The molecule has 2 aromatic rings. The second-order valence-corrected chi connectivity index (χ2v) is 8.82. The van der Waals surface area contributed by atoms with Gasteiger partial charge in [0.05, 0.1) is 6.04 Å². The van der Waals surface area contributed by atoms with Gasteiger partial charge in [-0.2, -0.15) is 4.31 Å². The fourth-order valence-corrected chi connectivity index (χ4v) is 5.28. The van der Waals surface area contributed by atoms with Gasteiger partial charge in [-0.1, -0.05) is 38.1 Å². The summed E-state index contributed by atoms with van der Waals surface area (Å²) in [6.07, 6.45) is 4.45. The summed E-state index contributed by atoms with van der Waals surface area (Å²) in [7, 11) is -1.89. The van der Waals surface area contributed by atoms with Gasteiger partial charge in [0.25, 0.3) is 5.91 Å². The molecule has 7 heteroatoms. The van der Waals surface area contributed by atoms with Crippen molar-refractivity contribution < 1.29 is 13.2 Å². The predicted molar refractivity (Wildman–Crippen MR) is 105 cm³/mol. The first-order valence-electron chi connectivity index (χ1n) is 9.43. The minimum Gasteiger partial charge on any atom is -0.345 e. The number of fused-ring (bicyclic) bond motifs is 1. The van der Waals surface area contributed by atoms with E-state index in [2.05, 4.69) is 17.4 Å². The summed E-state index contributed by atoms with van der Waals surface area (Å²) < 4.78 is 28.4. The molecule has 1 atom stereocenters. The Morgan fingerprint density at radius 3 is 2.67 bits per heavy atom. The third kappa shape index (κ3) is 3.80. The molecule has 0 saturated carbocycles. The van der Waals surface area contributed by atoms with Crippen LogP contribution in [0.2, 0.25) is 0 Å². The molecule has 3 rings (SSSR count). The highest BCUT2D eigenvalue weighted by molar-refractivity contribution is 7.89. The van der Waals surface area contributed by atoms with Crippen molar-refractivity contribution in [2.45, 2.75) is 44.0 Å². The monoisotopic (exact) mass is 389 g/mol. The molecule has 1 aromatic carbocycles. The number of amides is 1. The summed E-state index contributed by atoms with van der Waals surface area (Å²) in [6.45, 7) is 4.40. The predicted octanol–water partition coefficient (Wildman–Crippen LogP) is 2.86. The van der Waals surface area contributed by atoms with Crippen LogP contribution >= 0.6 is 0 Å². The van der Waals surface area contributed by atoms with Crippen LogP contribution in [0.3, 0.4) is 0 Å². The molecule has 1 N–H and O–H groups in total. The highest BCUT2D eigenvalue weighted by Crippen LogP contribution is 2.30. The van der Waals surface area contributed by atoms with Crippen LogP contribution in [0.1, 0.15) is 54.3 Å². The van der Waals surface area contributed by atoms with Gasteiger partial charge in [-0.15, -0.1) is 0 Å². The smallest absolute Gasteiger partial charge is 0.268 e. The molecule has 1 aliphatic rings. The number of nitrogens with zero attached hydrogens (tertiary/aromatic N) is 2. The molecule has 0 spiro atoms. The molecule has 27 heavy (non-hydrogen) atoms. The molecular weight excluding hydrogens is 362 g/mol. The largest absolute Gasteiger partial charge is 0.345 e. The van der Waals surface area contributed by atoms with Gasteiger partial charge in [0.15, 0.2) is 0 Å². The van der Waals surface area contributed by atoms with E-state index < -0.39 is 10.0 Å². The average molecular weight is 390 g/mol. The number of benzene rings is 1. The SMILES string of the molecule is CCN(CC)S(=O)(=O)c1cc(C(=O)N[C@@H]2CCCc3ccccc32)n(C)c1. The molecule has 0 saturated heterocycles. The molecule has 0 unspecified atom stereocenters. The van der Waals surface area contributed by atoms with Crippen LogP contribution in [-0.2, 0) is 23.5 Å². The molecule has 1 aliphatic carbocycles. The van der Waals surface area contributed by atoms with Crippen LogP contribution in [0.25, 0.3) is 0 Å². The second-order valence-electron chi connectivity index (χ2n) is 6.88. The van der Waals surface area contributed by atoms with Gasteiger partial charge in [-0.25, -0.2) is 8.42 Å². The van der Waals surface area contributed by atoms with Crippen LogP contribution in [0.5, 0.6) is 0 Å². The maximum atomic E-state index is 12.9. The van der Waals surface area contributed by atoms with E-state index in [-0.39, 0.29) is 16.8 Å². The van der Waals surface area contributed by atoms with Crippen molar-refractivity contribution >= 4 is 15.9 Å². The minimum absolute atomic E-state index is 0.0415. The summed E-state index contributed by atoms with van der Waals surface area (Å²) in [6, 6.07) is 9.59. The van der Waals surface area contributed by atoms with Crippen molar-refractivity contribution in [2.75, 3.05) is 13.1 Å². The number of sulfonamides is 1. The summed E-state index contributed by atoms with van der Waals surface area (Å²) in [5.41, 5.74) is 2.77. The lowest BCUT2D eigenvalue weighted by atomic mass is 9.87. The molecular formula is C20H27N3O3S. The highest BCUT2D eigenvalue weighted by Gasteiger charge is 2.27. The summed E-state index contributed by atoms with van der Waals surface area (Å²) in [5, 5.41) is 3.09. The van der Waals surface area contributed by atoms with E-state index in [1.165, 1.54) is 22.1 Å². The molecule has 0 bridgehead atoms.